The Kier molecular flexibility index (Phi) is 2.08. The van der Waals surface area contributed by atoms with Crippen LogP contribution in [0.3, 0.4) is 0 Å². The van der Waals surface area contributed by atoms with Crippen molar-refractivity contribution < 1.29 is 19.7 Å². The Hall–Kier alpha value is -0.160. The fourth-order valence-corrected chi connectivity index (χ4v) is 1.94. The van der Waals surface area contributed by atoms with Crippen molar-refractivity contribution in [1.29, 1.82) is 0 Å². The highest BCUT2D eigenvalue weighted by Gasteiger charge is 2.43. The van der Waals surface area contributed by atoms with Crippen LogP contribution >= 0.6 is 0 Å². The Morgan fingerprint density at radius 3 is 2.00 bits per heavy atom. The van der Waals surface area contributed by atoms with E-state index in [4.69, 9.17) is 9.47 Å². The fourth-order valence-electron chi connectivity index (χ4n) is 1.94. The molecule has 1 aliphatic carbocycles. The molecule has 12 heavy (non-hydrogen) atoms. The molecule has 0 radical (unpaired) electrons. The van der Waals surface area contributed by atoms with Crippen LogP contribution in [-0.2, 0) is 9.47 Å². The zero-order valence-electron chi connectivity index (χ0n) is 6.90. The Labute approximate surface area is 71.1 Å². The van der Waals surface area contributed by atoms with E-state index in [9.17, 15) is 10.2 Å². The third kappa shape index (κ3) is 1.47. The summed E-state index contributed by atoms with van der Waals surface area (Å²) in [5.74, 6) is -0.683. The molecule has 1 aliphatic heterocycles. The SMILES string of the molecule is OC1CC(O)OC2(CCCC2)O1. The zero-order chi connectivity index (χ0) is 8.60. The molecule has 0 aromatic heterocycles. The van der Waals surface area contributed by atoms with Crippen LogP contribution < -0.4 is 0 Å². The number of rotatable bonds is 0. The first-order valence-electron chi connectivity index (χ1n) is 4.42. The first kappa shape index (κ1) is 8.44. The zero-order valence-corrected chi connectivity index (χ0v) is 6.90. The van der Waals surface area contributed by atoms with Gasteiger partial charge in [-0.25, -0.2) is 0 Å². The second kappa shape index (κ2) is 2.96. The molecule has 0 amide bonds. The molecule has 0 bridgehead atoms. The summed E-state index contributed by atoms with van der Waals surface area (Å²) in [5.41, 5.74) is 0. The molecule has 1 spiro atoms. The van der Waals surface area contributed by atoms with Gasteiger partial charge in [0.05, 0.1) is 0 Å². The lowest BCUT2D eigenvalue weighted by molar-refractivity contribution is -0.386. The van der Waals surface area contributed by atoms with Gasteiger partial charge >= 0.3 is 0 Å². The normalized spacial score (nSPS) is 40.5. The van der Waals surface area contributed by atoms with Gasteiger partial charge in [0.1, 0.15) is 0 Å². The summed E-state index contributed by atoms with van der Waals surface area (Å²) < 4.78 is 10.6. The maximum Gasteiger partial charge on any atom is 0.174 e. The van der Waals surface area contributed by atoms with Crippen molar-refractivity contribution >= 4 is 0 Å². The van der Waals surface area contributed by atoms with Gasteiger partial charge in [-0.1, -0.05) is 0 Å². The summed E-state index contributed by atoms with van der Waals surface area (Å²) in [6.45, 7) is 0. The van der Waals surface area contributed by atoms with Crippen molar-refractivity contribution in [3.05, 3.63) is 0 Å². The lowest BCUT2D eigenvalue weighted by Crippen LogP contribution is -2.46. The Balaban J connectivity index is 2.04. The molecule has 4 heteroatoms. The minimum atomic E-state index is -0.869. The van der Waals surface area contributed by atoms with E-state index in [-0.39, 0.29) is 6.42 Å². The van der Waals surface area contributed by atoms with Gasteiger partial charge in [-0.3, -0.25) is 0 Å². The molecule has 2 atom stereocenters. The van der Waals surface area contributed by atoms with Gasteiger partial charge in [-0.2, -0.15) is 0 Å². The number of ether oxygens (including phenoxy) is 2. The maximum absolute atomic E-state index is 9.24. The van der Waals surface area contributed by atoms with Crippen molar-refractivity contribution in [2.24, 2.45) is 0 Å². The van der Waals surface area contributed by atoms with Crippen LogP contribution in [0.2, 0.25) is 0 Å². The van der Waals surface area contributed by atoms with E-state index in [2.05, 4.69) is 0 Å². The first-order chi connectivity index (χ1) is 5.70. The highest BCUT2D eigenvalue weighted by molar-refractivity contribution is 4.80. The van der Waals surface area contributed by atoms with E-state index in [1.54, 1.807) is 0 Å². The topological polar surface area (TPSA) is 58.9 Å². The minimum absolute atomic E-state index is 0.155. The molecule has 1 saturated heterocycles. The van der Waals surface area contributed by atoms with Crippen molar-refractivity contribution in [2.45, 2.75) is 50.5 Å². The third-order valence-electron chi connectivity index (χ3n) is 2.47. The molecule has 1 heterocycles. The Morgan fingerprint density at radius 2 is 1.50 bits per heavy atom. The van der Waals surface area contributed by atoms with E-state index >= 15 is 0 Å². The average Bonchev–Trinajstić information content (AvgIpc) is 2.33. The van der Waals surface area contributed by atoms with E-state index in [1.807, 2.05) is 0 Å². The lowest BCUT2D eigenvalue weighted by atomic mass is 10.2. The van der Waals surface area contributed by atoms with Crippen LogP contribution in [0.5, 0.6) is 0 Å². The largest absolute Gasteiger partial charge is 0.368 e. The van der Waals surface area contributed by atoms with E-state index in [0.29, 0.717) is 0 Å². The maximum atomic E-state index is 9.24. The second-order valence-corrected chi connectivity index (χ2v) is 3.50. The number of hydrogen-bond donors (Lipinski definition) is 2. The summed E-state index contributed by atoms with van der Waals surface area (Å²) in [7, 11) is 0. The molecule has 0 aromatic rings. The molecule has 2 N–H and O–H groups in total. The van der Waals surface area contributed by atoms with Gasteiger partial charge < -0.3 is 19.7 Å². The molecule has 1 saturated carbocycles. The first-order valence-corrected chi connectivity index (χ1v) is 4.42. The fraction of sp³-hybridized carbons (Fsp3) is 1.00. The van der Waals surface area contributed by atoms with E-state index in [0.717, 1.165) is 25.7 Å². The molecule has 2 unspecified atom stereocenters. The molecule has 2 aliphatic rings. The monoisotopic (exact) mass is 174 g/mol. The summed E-state index contributed by atoms with van der Waals surface area (Å²) >= 11 is 0. The van der Waals surface area contributed by atoms with Gasteiger partial charge in [0, 0.05) is 19.3 Å². The number of aliphatic hydroxyl groups is 2. The minimum Gasteiger partial charge on any atom is -0.368 e. The van der Waals surface area contributed by atoms with E-state index < -0.39 is 18.4 Å². The lowest BCUT2D eigenvalue weighted by Gasteiger charge is -2.38. The van der Waals surface area contributed by atoms with Gasteiger partial charge in [0.15, 0.2) is 18.4 Å². The van der Waals surface area contributed by atoms with Crippen molar-refractivity contribution in [1.82, 2.24) is 0 Å². The van der Waals surface area contributed by atoms with Crippen LogP contribution in [0.1, 0.15) is 32.1 Å². The van der Waals surface area contributed by atoms with Crippen molar-refractivity contribution in [3.8, 4) is 0 Å². The van der Waals surface area contributed by atoms with Crippen LogP contribution in [0.25, 0.3) is 0 Å². The molecule has 2 fully saturated rings. The predicted octanol–water partition coefficient (Wildman–Crippen LogP) is 0.330. The van der Waals surface area contributed by atoms with Crippen LogP contribution in [0.15, 0.2) is 0 Å². The molecule has 70 valence electrons. The average molecular weight is 174 g/mol. The molecular formula is C8H14O4. The molecular weight excluding hydrogens is 160 g/mol. The van der Waals surface area contributed by atoms with Gasteiger partial charge in [-0.05, 0) is 12.8 Å². The summed E-state index contributed by atoms with van der Waals surface area (Å²) in [4.78, 5) is 0. The standard InChI is InChI=1S/C8H14O4/c9-6-5-7(10)12-8(11-6)3-1-2-4-8/h6-7,9-10H,1-5H2. The summed E-state index contributed by atoms with van der Waals surface area (Å²) in [6.07, 6.45) is 2.06. The third-order valence-corrected chi connectivity index (χ3v) is 2.47. The highest BCUT2D eigenvalue weighted by atomic mass is 16.8. The molecule has 4 nitrogen and oxygen atoms in total. The number of hydrogen-bond acceptors (Lipinski definition) is 4. The molecule has 2 rings (SSSR count). The van der Waals surface area contributed by atoms with Crippen LogP contribution in [-0.4, -0.2) is 28.6 Å². The predicted molar refractivity (Wildman–Crippen MR) is 40.0 cm³/mol. The quantitative estimate of drug-likeness (QED) is 0.555. The van der Waals surface area contributed by atoms with Gasteiger partial charge in [0.2, 0.25) is 0 Å². The van der Waals surface area contributed by atoms with Crippen LogP contribution in [0.4, 0.5) is 0 Å². The summed E-state index contributed by atoms with van der Waals surface area (Å²) in [6, 6.07) is 0. The van der Waals surface area contributed by atoms with Gasteiger partial charge in [-0.15, -0.1) is 0 Å². The summed E-state index contributed by atoms with van der Waals surface area (Å²) in [5, 5.41) is 18.5. The number of aliphatic hydroxyl groups excluding tert-OH is 2. The molecule has 0 aromatic carbocycles. The second-order valence-electron chi connectivity index (χ2n) is 3.50. The highest BCUT2D eigenvalue weighted by Crippen LogP contribution is 2.39. The van der Waals surface area contributed by atoms with Crippen molar-refractivity contribution in [2.75, 3.05) is 0 Å². The Bertz CT molecular complexity index is 152. The van der Waals surface area contributed by atoms with Crippen LogP contribution in [0, 0.1) is 0 Å². The van der Waals surface area contributed by atoms with Crippen molar-refractivity contribution in [3.63, 3.8) is 0 Å². The Morgan fingerprint density at radius 1 is 1.00 bits per heavy atom. The smallest absolute Gasteiger partial charge is 0.174 e. The van der Waals surface area contributed by atoms with Gasteiger partial charge in [0.25, 0.3) is 0 Å². The van der Waals surface area contributed by atoms with E-state index in [1.165, 1.54) is 0 Å².